The van der Waals surface area contributed by atoms with Gasteiger partial charge in [-0.2, -0.15) is 0 Å². The van der Waals surface area contributed by atoms with Crippen LogP contribution in [0.5, 0.6) is 11.5 Å². The molecule has 1 aliphatic rings. The number of phenols is 2. The van der Waals surface area contributed by atoms with Crippen molar-refractivity contribution in [3.05, 3.63) is 132 Å². The van der Waals surface area contributed by atoms with Gasteiger partial charge in [-0.3, -0.25) is 0 Å². The van der Waals surface area contributed by atoms with Crippen LogP contribution in [0.15, 0.2) is 121 Å². The van der Waals surface area contributed by atoms with Crippen LogP contribution in [-0.4, -0.2) is 10.2 Å². The van der Waals surface area contributed by atoms with Crippen LogP contribution in [0.2, 0.25) is 0 Å². The molecule has 0 bridgehead atoms. The molecule has 1 unspecified atom stereocenters. The van der Waals surface area contributed by atoms with Gasteiger partial charge in [0.1, 0.15) is 11.5 Å². The van der Waals surface area contributed by atoms with Crippen LogP contribution in [-0.2, 0) is 5.41 Å². The molecule has 5 rings (SSSR count). The second-order valence-corrected chi connectivity index (χ2v) is 10.6. The van der Waals surface area contributed by atoms with Gasteiger partial charge in [0.05, 0.1) is 0 Å². The van der Waals surface area contributed by atoms with Gasteiger partial charge < -0.3 is 10.2 Å². The van der Waals surface area contributed by atoms with E-state index >= 15 is 0 Å². The molecule has 0 radical (unpaired) electrons. The molecule has 2 N–H and O–H groups in total. The van der Waals surface area contributed by atoms with E-state index in [1.165, 1.54) is 0 Å². The Hall–Kier alpha value is -4.04. The molecule has 0 heterocycles. The number of rotatable bonds is 6. The van der Waals surface area contributed by atoms with Gasteiger partial charge in [0.25, 0.3) is 0 Å². The number of allylic oxidation sites excluding steroid dienone is 4. The quantitative estimate of drug-likeness (QED) is 0.286. The van der Waals surface area contributed by atoms with Gasteiger partial charge in [0.15, 0.2) is 0 Å². The van der Waals surface area contributed by atoms with E-state index in [1.54, 1.807) is 0 Å². The lowest BCUT2D eigenvalue weighted by molar-refractivity contribution is 0.220. The van der Waals surface area contributed by atoms with E-state index in [0.717, 1.165) is 39.8 Å². The molecule has 0 fully saturated rings. The highest BCUT2D eigenvalue weighted by Gasteiger charge is 2.46. The van der Waals surface area contributed by atoms with Gasteiger partial charge in [0, 0.05) is 16.5 Å². The summed E-state index contributed by atoms with van der Waals surface area (Å²) in [7, 11) is 0. The van der Waals surface area contributed by atoms with Gasteiger partial charge in [-0.1, -0.05) is 118 Å². The van der Waals surface area contributed by atoms with E-state index in [2.05, 4.69) is 69.3 Å². The maximum Gasteiger partial charge on any atom is 0.123 e. The molecule has 0 aliphatic heterocycles. The molecule has 1 atom stereocenters. The molecule has 1 aliphatic carbocycles. The fraction of sp³-hybridized carbons (Fsp3) is 0.200. The van der Waals surface area contributed by atoms with E-state index in [4.69, 9.17) is 0 Å². The first-order valence-corrected chi connectivity index (χ1v) is 13.0. The van der Waals surface area contributed by atoms with Crippen LogP contribution in [0.3, 0.4) is 0 Å². The molecule has 4 aromatic carbocycles. The van der Waals surface area contributed by atoms with Crippen molar-refractivity contribution >= 4 is 0 Å². The molecule has 0 saturated heterocycles. The van der Waals surface area contributed by atoms with Crippen molar-refractivity contribution in [1.82, 2.24) is 0 Å². The maximum absolute atomic E-state index is 10.9. The second-order valence-electron chi connectivity index (χ2n) is 10.6. The first kappa shape index (κ1) is 24.6. The molecule has 0 aromatic heterocycles. The molecule has 2 nitrogen and oxygen atoms in total. The molecular weight excluding hydrogens is 452 g/mol. The van der Waals surface area contributed by atoms with Crippen LogP contribution in [0.1, 0.15) is 38.3 Å². The SMILES string of the molecule is CCC(c1ccc(O)c(-c2ccccc2)c1)(c1ccc(O)c(-c2ccccc2)c1)C1C=CC=CC1(C)C. The lowest BCUT2D eigenvalue weighted by Gasteiger charge is -2.48. The average Bonchev–Trinajstić information content (AvgIpc) is 2.92. The highest BCUT2D eigenvalue weighted by Crippen LogP contribution is 2.53. The van der Waals surface area contributed by atoms with Gasteiger partial charge in [-0.15, -0.1) is 0 Å². The van der Waals surface area contributed by atoms with Gasteiger partial charge in [-0.25, -0.2) is 0 Å². The smallest absolute Gasteiger partial charge is 0.123 e. The number of hydrogen-bond donors (Lipinski definition) is 2. The monoisotopic (exact) mass is 486 g/mol. The van der Waals surface area contributed by atoms with Crippen molar-refractivity contribution < 1.29 is 10.2 Å². The van der Waals surface area contributed by atoms with Crippen LogP contribution in [0.4, 0.5) is 0 Å². The minimum absolute atomic E-state index is 0.111. The lowest BCUT2D eigenvalue weighted by Crippen LogP contribution is -2.43. The standard InChI is InChI=1S/C35H34O2/c1-4-35(33-17-11-12-22-34(33,2)3,27-18-20-31(36)29(23-27)25-13-7-5-8-14-25)28-19-21-32(37)30(24-28)26-15-9-6-10-16-26/h5-24,33,36-37H,4H2,1-3H3. The zero-order valence-corrected chi connectivity index (χ0v) is 21.7. The van der Waals surface area contributed by atoms with E-state index in [1.807, 2.05) is 72.8 Å². The fourth-order valence-corrected chi connectivity index (χ4v) is 6.11. The predicted octanol–water partition coefficient (Wildman–Crippen LogP) is 8.90. The van der Waals surface area contributed by atoms with Crippen LogP contribution < -0.4 is 0 Å². The molecular formula is C35H34O2. The third-order valence-corrected chi connectivity index (χ3v) is 8.02. The van der Waals surface area contributed by atoms with Crippen molar-refractivity contribution in [1.29, 1.82) is 0 Å². The summed E-state index contributed by atoms with van der Waals surface area (Å²) in [5.74, 6) is 0.694. The average molecular weight is 487 g/mol. The summed E-state index contributed by atoms with van der Waals surface area (Å²) >= 11 is 0. The molecule has 0 spiro atoms. The first-order chi connectivity index (χ1) is 17.9. The topological polar surface area (TPSA) is 40.5 Å². The summed E-state index contributed by atoms with van der Waals surface area (Å²) in [5.41, 5.74) is 5.40. The van der Waals surface area contributed by atoms with Crippen molar-refractivity contribution in [3.8, 4) is 33.8 Å². The Morgan fingerprint density at radius 2 is 1.16 bits per heavy atom. The molecule has 2 heteroatoms. The van der Waals surface area contributed by atoms with Crippen molar-refractivity contribution in [2.24, 2.45) is 11.3 Å². The van der Waals surface area contributed by atoms with Crippen LogP contribution >= 0.6 is 0 Å². The number of benzene rings is 4. The summed E-state index contributed by atoms with van der Waals surface area (Å²) in [5, 5.41) is 21.8. The molecule has 186 valence electrons. The minimum atomic E-state index is -0.404. The highest BCUT2D eigenvalue weighted by atomic mass is 16.3. The van der Waals surface area contributed by atoms with Gasteiger partial charge in [0.2, 0.25) is 0 Å². The normalized spacial score (nSPS) is 16.6. The number of hydrogen-bond acceptors (Lipinski definition) is 2. The van der Waals surface area contributed by atoms with Crippen molar-refractivity contribution in [3.63, 3.8) is 0 Å². The summed E-state index contributed by atoms with van der Waals surface area (Å²) in [6.45, 7) is 6.82. The number of aromatic hydroxyl groups is 2. The predicted molar refractivity (Wildman–Crippen MR) is 154 cm³/mol. The summed E-state index contributed by atoms with van der Waals surface area (Å²) < 4.78 is 0. The van der Waals surface area contributed by atoms with Gasteiger partial charge >= 0.3 is 0 Å². The molecule has 4 aromatic rings. The Kier molecular flexibility index (Phi) is 6.52. The third-order valence-electron chi connectivity index (χ3n) is 8.02. The Morgan fingerprint density at radius 1 is 0.676 bits per heavy atom. The highest BCUT2D eigenvalue weighted by molar-refractivity contribution is 5.74. The van der Waals surface area contributed by atoms with Gasteiger partial charge in [-0.05, 0) is 64.3 Å². The second kappa shape index (κ2) is 9.78. The van der Waals surface area contributed by atoms with Crippen molar-refractivity contribution in [2.45, 2.75) is 32.6 Å². The van der Waals surface area contributed by atoms with Crippen LogP contribution in [0, 0.1) is 11.3 Å². The van der Waals surface area contributed by atoms with E-state index < -0.39 is 5.41 Å². The lowest BCUT2D eigenvalue weighted by atomic mass is 9.55. The first-order valence-electron chi connectivity index (χ1n) is 13.0. The number of phenolic OH excluding ortho intramolecular Hbond substituents is 2. The van der Waals surface area contributed by atoms with E-state index in [9.17, 15) is 10.2 Å². The zero-order chi connectivity index (χ0) is 26.0. The van der Waals surface area contributed by atoms with E-state index in [-0.39, 0.29) is 22.8 Å². The molecule has 0 saturated carbocycles. The Balaban J connectivity index is 1.79. The third kappa shape index (κ3) is 4.38. The summed E-state index contributed by atoms with van der Waals surface area (Å²) in [4.78, 5) is 0. The molecule has 0 amide bonds. The Bertz CT molecular complexity index is 1360. The Morgan fingerprint density at radius 3 is 1.59 bits per heavy atom. The fourth-order valence-electron chi connectivity index (χ4n) is 6.11. The van der Waals surface area contributed by atoms with Crippen molar-refractivity contribution in [2.75, 3.05) is 0 Å². The van der Waals surface area contributed by atoms with Crippen LogP contribution in [0.25, 0.3) is 22.3 Å². The Labute approximate surface area is 220 Å². The largest absolute Gasteiger partial charge is 0.507 e. The summed E-state index contributed by atoms with van der Waals surface area (Å²) in [6.07, 6.45) is 9.75. The summed E-state index contributed by atoms with van der Waals surface area (Å²) in [6, 6.07) is 32.2. The molecule has 37 heavy (non-hydrogen) atoms. The minimum Gasteiger partial charge on any atom is -0.507 e. The zero-order valence-electron chi connectivity index (χ0n) is 21.7. The maximum atomic E-state index is 10.9. The van der Waals surface area contributed by atoms with E-state index in [0.29, 0.717) is 0 Å².